The second kappa shape index (κ2) is 5.44. The Hall–Kier alpha value is -1.55. The molecule has 0 aliphatic heterocycles. The first-order valence-electron chi connectivity index (χ1n) is 7.10. The van der Waals surface area contributed by atoms with Gasteiger partial charge < -0.3 is 14.3 Å². The smallest absolute Gasteiger partial charge is 0.106 e. The number of hydrogen-bond donors (Lipinski definition) is 1. The van der Waals surface area contributed by atoms with Crippen LogP contribution in [0.2, 0.25) is 0 Å². The first-order chi connectivity index (χ1) is 9.28. The van der Waals surface area contributed by atoms with Gasteiger partial charge in [-0.25, -0.2) is 4.98 Å². The Bertz CT molecular complexity index is 575. The molecule has 2 heterocycles. The van der Waals surface area contributed by atoms with E-state index in [1.807, 2.05) is 26.4 Å². The van der Waals surface area contributed by atoms with Crippen molar-refractivity contribution in [1.82, 2.24) is 14.9 Å². The molecule has 0 saturated heterocycles. The van der Waals surface area contributed by atoms with E-state index in [0.29, 0.717) is 0 Å². The number of hydrogen-bond acceptors (Lipinski definition) is 3. The van der Waals surface area contributed by atoms with Crippen LogP contribution in [0.5, 0.6) is 0 Å². The van der Waals surface area contributed by atoms with Crippen LogP contribution in [0.1, 0.15) is 56.5 Å². The summed E-state index contributed by atoms with van der Waals surface area (Å²) < 4.78 is 7.84. The van der Waals surface area contributed by atoms with E-state index in [9.17, 15) is 0 Å². The van der Waals surface area contributed by atoms with Gasteiger partial charge in [0.15, 0.2) is 0 Å². The molecule has 20 heavy (non-hydrogen) atoms. The van der Waals surface area contributed by atoms with E-state index in [1.165, 1.54) is 11.3 Å². The summed E-state index contributed by atoms with van der Waals surface area (Å²) in [6.45, 7) is 13.5. The molecule has 4 nitrogen and oxygen atoms in total. The zero-order chi connectivity index (χ0) is 14.9. The third kappa shape index (κ3) is 3.31. The average Bonchev–Trinajstić information content (AvgIpc) is 2.91. The molecule has 0 radical (unpaired) electrons. The summed E-state index contributed by atoms with van der Waals surface area (Å²) in [7, 11) is 0. The fourth-order valence-corrected chi connectivity index (χ4v) is 2.39. The molecule has 1 N–H and O–H groups in total. The van der Waals surface area contributed by atoms with Crippen LogP contribution in [0.3, 0.4) is 0 Å². The van der Waals surface area contributed by atoms with Crippen molar-refractivity contribution >= 4 is 0 Å². The standard InChI is InChI=1S/C16H25N3O/c1-11-7-15(13(3)20-11)12(2)19-10-17-8-14(19)9-18-16(4,5)6/h7-8,10,12,18H,9H2,1-6H3. The van der Waals surface area contributed by atoms with Crippen LogP contribution in [0.25, 0.3) is 0 Å². The molecule has 1 atom stereocenters. The fraction of sp³-hybridized carbons (Fsp3) is 0.562. The molecular weight excluding hydrogens is 250 g/mol. The lowest BCUT2D eigenvalue weighted by Gasteiger charge is -2.22. The zero-order valence-corrected chi connectivity index (χ0v) is 13.3. The van der Waals surface area contributed by atoms with E-state index in [-0.39, 0.29) is 11.6 Å². The Balaban J connectivity index is 2.21. The van der Waals surface area contributed by atoms with Gasteiger partial charge in [0.05, 0.1) is 18.1 Å². The van der Waals surface area contributed by atoms with Gasteiger partial charge in [-0.05, 0) is 47.6 Å². The molecule has 0 amide bonds. The monoisotopic (exact) mass is 275 g/mol. The van der Waals surface area contributed by atoms with Gasteiger partial charge in [0.2, 0.25) is 0 Å². The van der Waals surface area contributed by atoms with Gasteiger partial charge in [-0.15, -0.1) is 0 Å². The van der Waals surface area contributed by atoms with Crippen LogP contribution in [-0.2, 0) is 6.54 Å². The maximum atomic E-state index is 5.64. The summed E-state index contributed by atoms with van der Waals surface area (Å²) in [4.78, 5) is 4.30. The Morgan fingerprint density at radius 1 is 1.35 bits per heavy atom. The van der Waals surface area contributed by atoms with Gasteiger partial charge in [0.1, 0.15) is 11.5 Å². The molecule has 1 unspecified atom stereocenters. The maximum Gasteiger partial charge on any atom is 0.106 e. The molecule has 0 bridgehead atoms. The third-order valence-electron chi connectivity index (χ3n) is 3.49. The van der Waals surface area contributed by atoms with Crippen molar-refractivity contribution in [3.05, 3.63) is 41.4 Å². The summed E-state index contributed by atoms with van der Waals surface area (Å²) in [5.74, 6) is 1.94. The predicted molar refractivity (Wildman–Crippen MR) is 80.8 cm³/mol. The highest BCUT2D eigenvalue weighted by Crippen LogP contribution is 2.25. The van der Waals surface area contributed by atoms with Crippen molar-refractivity contribution < 1.29 is 4.42 Å². The average molecular weight is 275 g/mol. The lowest BCUT2D eigenvalue weighted by Crippen LogP contribution is -2.35. The van der Waals surface area contributed by atoms with E-state index in [1.54, 1.807) is 0 Å². The van der Waals surface area contributed by atoms with Crippen LogP contribution in [0.15, 0.2) is 23.0 Å². The molecule has 0 aromatic carbocycles. The highest BCUT2D eigenvalue weighted by molar-refractivity contribution is 5.25. The summed E-state index contributed by atoms with van der Waals surface area (Å²) in [6.07, 6.45) is 3.82. The number of nitrogens with one attached hydrogen (secondary N) is 1. The summed E-state index contributed by atoms with van der Waals surface area (Å²) in [5.41, 5.74) is 2.50. The van der Waals surface area contributed by atoms with E-state index < -0.39 is 0 Å². The van der Waals surface area contributed by atoms with Crippen LogP contribution < -0.4 is 5.32 Å². The topological polar surface area (TPSA) is 43.0 Å². The van der Waals surface area contributed by atoms with Crippen LogP contribution in [0, 0.1) is 13.8 Å². The zero-order valence-electron chi connectivity index (χ0n) is 13.3. The van der Waals surface area contributed by atoms with Gasteiger partial charge in [-0.2, -0.15) is 0 Å². The number of nitrogens with zero attached hydrogens (tertiary/aromatic N) is 2. The number of furan rings is 1. The lowest BCUT2D eigenvalue weighted by molar-refractivity contribution is 0.412. The van der Waals surface area contributed by atoms with Gasteiger partial charge in [-0.1, -0.05) is 0 Å². The third-order valence-corrected chi connectivity index (χ3v) is 3.49. The van der Waals surface area contributed by atoms with Crippen molar-refractivity contribution in [3.8, 4) is 0 Å². The first kappa shape index (κ1) is 14.9. The van der Waals surface area contributed by atoms with Crippen molar-refractivity contribution in [1.29, 1.82) is 0 Å². The first-order valence-corrected chi connectivity index (χ1v) is 7.10. The second-order valence-corrected chi connectivity index (χ2v) is 6.44. The second-order valence-electron chi connectivity index (χ2n) is 6.44. The van der Waals surface area contributed by atoms with Crippen LogP contribution in [-0.4, -0.2) is 15.1 Å². The molecule has 2 aromatic rings. The lowest BCUT2D eigenvalue weighted by atomic mass is 10.1. The number of aromatic nitrogens is 2. The largest absolute Gasteiger partial charge is 0.466 e. The molecule has 0 spiro atoms. The minimum Gasteiger partial charge on any atom is -0.466 e. The normalized spacial score (nSPS) is 13.7. The number of aryl methyl sites for hydroxylation is 2. The Kier molecular flexibility index (Phi) is 4.04. The number of rotatable bonds is 4. The summed E-state index contributed by atoms with van der Waals surface area (Å²) in [5, 5.41) is 3.51. The molecule has 2 aromatic heterocycles. The fourth-order valence-electron chi connectivity index (χ4n) is 2.39. The quantitative estimate of drug-likeness (QED) is 0.927. The molecule has 4 heteroatoms. The molecular formula is C16H25N3O. The summed E-state index contributed by atoms with van der Waals surface area (Å²) >= 11 is 0. The van der Waals surface area contributed by atoms with Crippen molar-refractivity contribution in [3.63, 3.8) is 0 Å². The minimum absolute atomic E-state index is 0.0977. The molecule has 0 aliphatic rings. The highest BCUT2D eigenvalue weighted by Gasteiger charge is 2.17. The van der Waals surface area contributed by atoms with E-state index in [2.05, 4.69) is 48.6 Å². The van der Waals surface area contributed by atoms with Gasteiger partial charge in [0, 0.05) is 23.8 Å². The highest BCUT2D eigenvalue weighted by atomic mass is 16.3. The van der Waals surface area contributed by atoms with E-state index in [0.717, 1.165) is 18.1 Å². The molecule has 0 saturated carbocycles. The summed E-state index contributed by atoms with van der Waals surface area (Å²) in [6, 6.07) is 2.34. The van der Waals surface area contributed by atoms with E-state index >= 15 is 0 Å². The van der Waals surface area contributed by atoms with Gasteiger partial charge in [0.25, 0.3) is 0 Å². The Labute approximate surface area is 121 Å². The number of imidazole rings is 1. The molecule has 0 fully saturated rings. The Morgan fingerprint density at radius 3 is 2.60 bits per heavy atom. The maximum absolute atomic E-state index is 5.64. The van der Waals surface area contributed by atoms with Gasteiger partial charge >= 0.3 is 0 Å². The van der Waals surface area contributed by atoms with E-state index in [4.69, 9.17) is 4.42 Å². The Morgan fingerprint density at radius 2 is 2.05 bits per heavy atom. The predicted octanol–water partition coefficient (Wildman–Crippen LogP) is 3.59. The minimum atomic E-state index is 0.0977. The van der Waals surface area contributed by atoms with Crippen LogP contribution in [0.4, 0.5) is 0 Å². The van der Waals surface area contributed by atoms with Crippen molar-refractivity contribution in [2.75, 3.05) is 0 Å². The molecule has 0 aliphatic carbocycles. The van der Waals surface area contributed by atoms with Crippen LogP contribution >= 0.6 is 0 Å². The van der Waals surface area contributed by atoms with Crippen molar-refractivity contribution in [2.45, 2.75) is 59.7 Å². The van der Waals surface area contributed by atoms with Crippen molar-refractivity contribution in [2.24, 2.45) is 0 Å². The molecule has 2 rings (SSSR count). The SMILES string of the molecule is Cc1cc(C(C)n2cncc2CNC(C)(C)C)c(C)o1. The molecule has 110 valence electrons. The van der Waals surface area contributed by atoms with Gasteiger partial charge in [-0.3, -0.25) is 0 Å².